The maximum atomic E-state index is 12.4. The van der Waals surface area contributed by atoms with Crippen molar-refractivity contribution in [2.75, 3.05) is 18.0 Å². The molecular formula is C17H26N6O2. The second-order valence-corrected chi connectivity index (χ2v) is 7.72. The Morgan fingerprint density at radius 2 is 1.80 bits per heavy atom. The lowest BCUT2D eigenvalue weighted by Gasteiger charge is -2.45. The fraction of sp³-hybridized carbons (Fsp3) is 0.647. The van der Waals surface area contributed by atoms with Gasteiger partial charge in [0, 0.05) is 32.2 Å². The van der Waals surface area contributed by atoms with Crippen LogP contribution in [-0.4, -0.2) is 61.3 Å². The van der Waals surface area contributed by atoms with Gasteiger partial charge in [-0.1, -0.05) is 0 Å². The van der Waals surface area contributed by atoms with E-state index in [-0.39, 0.29) is 18.2 Å². The highest BCUT2D eigenvalue weighted by atomic mass is 16.6. The Kier molecular flexibility index (Phi) is 4.30. The van der Waals surface area contributed by atoms with Crippen LogP contribution >= 0.6 is 0 Å². The first-order valence-corrected chi connectivity index (χ1v) is 8.55. The van der Waals surface area contributed by atoms with Gasteiger partial charge >= 0.3 is 6.09 Å². The van der Waals surface area contributed by atoms with Crippen LogP contribution in [0, 0.1) is 0 Å². The maximum Gasteiger partial charge on any atom is 0.410 e. The molecule has 2 atom stereocenters. The van der Waals surface area contributed by atoms with Crippen LogP contribution in [0.3, 0.4) is 0 Å². The maximum absolute atomic E-state index is 12.4. The first-order chi connectivity index (χ1) is 11.7. The minimum absolute atomic E-state index is 0.0939. The predicted molar refractivity (Wildman–Crippen MR) is 95.5 cm³/mol. The Bertz CT molecular complexity index is 769. The van der Waals surface area contributed by atoms with E-state index < -0.39 is 5.60 Å². The normalized spacial score (nSPS) is 21.7. The van der Waals surface area contributed by atoms with Gasteiger partial charge in [0.25, 0.3) is 0 Å². The molecule has 0 radical (unpaired) electrons. The van der Waals surface area contributed by atoms with Crippen molar-refractivity contribution in [3.05, 3.63) is 12.7 Å². The average molecular weight is 346 g/mol. The Hall–Kier alpha value is -2.38. The molecule has 25 heavy (non-hydrogen) atoms. The van der Waals surface area contributed by atoms with E-state index in [4.69, 9.17) is 4.74 Å². The van der Waals surface area contributed by atoms with Gasteiger partial charge in [-0.25, -0.2) is 19.7 Å². The van der Waals surface area contributed by atoms with Gasteiger partial charge in [-0.15, -0.1) is 0 Å². The van der Waals surface area contributed by atoms with E-state index in [1.54, 1.807) is 17.6 Å². The molecule has 0 aliphatic carbocycles. The number of piperazine rings is 1. The quantitative estimate of drug-likeness (QED) is 0.788. The van der Waals surface area contributed by atoms with Gasteiger partial charge < -0.3 is 19.1 Å². The van der Waals surface area contributed by atoms with Crippen LogP contribution < -0.4 is 4.90 Å². The van der Waals surface area contributed by atoms with Crippen LogP contribution in [0.15, 0.2) is 12.7 Å². The molecule has 2 unspecified atom stereocenters. The highest BCUT2D eigenvalue weighted by Gasteiger charge is 2.35. The number of carbonyl (C=O) groups is 1. The number of ether oxygens (including phenoxy) is 1. The zero-order valence-electron chi connectivity index (χ0n) is 15.7. The largest absolute Gasteiger partial charge is 0.444 e. The topological polar surface area (TPSA) is 76.4 Å². The zero-order chi connectivity index (χ0) is 18.4. The lowest BCUT2D eigenvalue weighted by Crippen LogP contribution is -2.59. The molecule has 1 aliphatic rings. The van der Waals surface area contributed by atoms with Gasteiger partial charge in [0.05, 0.1) is 6.33 Å². The van der Waals surface area contributed by atoms with Crippen molar-refractivity contribution in [3.8, 4) is 0 Å². The SMILES string of the molecule is CC1CN(C(=O)OC(C)(C)C)CC(C)N1c1ncnc2c1ncn2C. The van der Waals surface area contributed by atoms with Crippen LogP contribution in [0.25, 0.3) is 11.2 Å². The molecule has 1 amide bonds. The van der Waals surface area contributed by atoms with Crippen LogP contribution in [0.2, 0.25) is 0 Å². The van der Waals surface area contributed by atoms with Crippen molar-refractivity contribution in [1.82, 2.24) is 24.4 Å². The molecule has 8 heteroatoms. The molecule has 8 nitrogen and oxygen atoms in total. The highest BCUT2D eigenvalue weighted by Crippen LogP contribution is 2.28. The number of imidazole rings is 1. The summed E-state index contributed by atoms with van der Waals surface area (Å²) in [6, 6.07) is 0.188. The minimum Gasteiger partial charge on any atom is -0.444 e. The number of nitrogens with zero attached hydrogens (tertiary/aromatic N) is 6. The summed E-state index contributed by atoms with van der Waals surface area (Å²) < 4.78 is 7.40. The summed E-state index contributed by atoms with van der Waals surface area (Å²) in [5.74, 6) is 0.814. The van der Waals surface area contributed by atoms with Gasteiger partial charge in [-0.2, -0.15) is 0 Å². The van der Waals surface area contributed by atoms with E-state index in [0.29, 0.717) is 13.1 Å². The lowest BCUT2D eigenvalue weighted by atomic mass is 10.1. The Balaban J connectivity index is 1.84. The van der Waals surface area contributed by atoms with Crippen molar-refractivity contribution < 1.29 is 9.53 Å². The molecule has 3 heterocycles. The summed E-state index contributed by atoms with van der Waals surface area (Å²) in [5.41, 5.74) is 1.10. The summed E-state index contributed by atoms with van der Waals surface area (Å²) in [4.78, 5) is 29.6. The first kappa shape index (κ1) is 17.4. The molecule has 0 N–H and O–H groups in total. The number of anilines is 1. The van der Waals surface area contributed by atoms with Crippen LogP contribution in [0.5, 0.6) is 0 Å². The minimum atomic E-state index is -0.493. The smallest absolute Gasteiger partial charge is 0.410 e. The molecule has 1 fully saturated rings. The molecule has 2 aromatic rings. The van der Waals surface area contributed by atoms with Crippen molar-refractivity contribution in [2.45, 2.75) is 52.3 Å². The number of hydrogen-bond donors (Lipinski definition) is 0. The van der Waals surface area contributed by atoms with Crippen LogP contribution in [-0.2, 0) is 11.8 Å². The predicted octanol–water partition coefficient (Wildman–Crippen LogP) is 2.20. The Morgan fingerprint density at radius 3 is 2.40 bits per heavy atom. The van der Waals surface area contributed by atoms with E-state index in [2.05, 4.69) is 33.7 Å². The van der Waals surface area contributed by atoms with Gasteiger partial charge in [0.2, 0.25) is 0 Å². The van der Waals surface area contributed by atoms with E-state index in [1.807, 2.05) is 32.4 Å². The highest BCUT2D eigenvalue weighted by molar-refractivity contribution is 5.83. The van der Waals surface area contributed by atoms with E-state index in [1.165, 1.54) is 0 Å². The van der Waals surface area contributed by atoms with Crippen molar-refractivity contribution in [2.24, 2.45) is 7.05 Å². The zero-order valence-corrected chi connectivity index (χ0v) is 15.7. The number of amides is 1. The second-order valence-electron chi connectivity index (χ2n) is 7.72. The summed E-state index contributed by atoms with van der Waals surface area (Å²) in [5, 5.41) is 0. The third kappa shape index (κ3) is 3.38. The fourth-order valence-electron chi connectivity index (χ4n) is 3.34. The molecule has 0 aromatic carbocycles. The number of fused-ring (bicyclic) bond motifs is 1. The van der Waals surface area contributed by atoms with Crippen molar-refractivity contribution in [1.29, 1.82) is 0 Å². The molecule has 0 saturated carbocycles. The fourth-order valence-corrected chi connectivity index (χ4v) is 3.34. The number of aryl methyl sites for hydroxylation is 1. The molecule has 136 valence electrons. The van der Waals surface area contributed by atoms with Gasteiger partial charge in [0.1, 0.15) is 11.9 Å². The number of hydrogen-bond acceptors (Lipinski definition) is 6. The summed E-state index contributed by atoms with van der Waals surface area (Å²) >= 11 is 0. The molecule has 1 saturated heterocycles. The Morgan fingerprint density at radius 1 is 1.16 bits per heavy atom. The van der Waals surface area contributed by atoms with Gasteiger partial charge in [-0.3, -0.25) is 0 Å². The van der Waals surface area contributed by atoms with E-state index in [9.17, 15) is 4.79 Å². The molecule has 1 aliphatic heterocycles. The third-order valence-corrected chi connectivity index (χ3v) is 4.29. The van der Waals surface area contributed by atoms with Crippen molar-refractivity contribution >= 4 is 23.1 Å². The molecule has 0 spiro atoms. The van der Waals surface area contributed by atoms with Gasteiger partial charge in [-0.05, 0) is 34.6 Å². The number of carbonyl (C=O) groups excluding carboxylic acids is 1. The summed E-state index contributed by atoms with van der Waals surface area (Å²) in [7, 11) is 1.92. The first-order valence-electron chi connectivity index (χ1n) is 8.55. The van der Waals surface area contributed by atoms with Crippen LogP contribution in [0.1, 0.15) is 34.6 Å². The monoisotopic (exact) mass is 346 g/mol. The third-order valence-electron chi connectivity index (χ3n) is 4.29. The summed E-state index contributed by atoms with van der Waals surface area (Å²) in [6.45, 7) is 11.0. The van der Waals surface area contributed by atoms with Gasteiger partial charge in [0.15, 0.2) is 17.0 Å². The second kappa shape index (κ2) is 6.16. The number of aromatic nitrogens is 4. The standard InChI is InChI=1S/C17H26N6O2/c1-11-7-22(16(24)25-17(3,4)5)8-12(2)23(11)15-13-14(18-9-19-15)21(6)10-20-13/h9-12H,7-8H2,1-6H3. The lowest BCUT2D eigenvalue weighted by molar-refractivity contribution is 0.0192. The molecule has 3 rings (SSSR count). The summed E-state index contributed by atoms with van der Waals surface area (Å²) in [6.07, 6.45) is 3.05. The van der Waals surface area contributed by atoms with E-state index in [0.717, 1.165) is 17.0 Å². The van der Waals surface area contributed by atoms with Crippen molar-refractivity contribution in [3.63, 3.8) is 0 Å². The number of rotatable bonds is 1. The Labute approximate surface area is 147 Å². The molecule has 0 bridgehead atoms. The van der Waals surface area contributed by atoms with E-state index >= 15 is 0 Å². The van der Waals surface area contributed by atoms with Crippen LogP contribution in [0.4, 0.5) is 10.6 Å². The average Bonchev–Trinajstić information content (AvgIpc) is 2.87. The molecule has 2 aromatic heterocycles. The molecular weight excluding hydrogens is 320 g/mol.